The molecule has 20 heavy (non-hydrogen) atoms. The van der Waals surface area contributed by atoms with E-state index in [0.29, 0.717) is 15.9 Å². The number of nitrogens with two attached hydrogens (primary N) is 1. The van der Waals surface area contributed by atoms with Gasteiger partial charge in [0.25, 0.3) is 0 Å². The third-order valence-electron chi connectivity index (χ3n) is 3.03. The first-order valence-corrected chi connectivity index (χ1v) is 7.89. The molecule has 3 aromatic rings. The van der Waals surface area contributed by atoms with Gasteiger partial charge in [-0.25, -0.2) is 9.37 Å². The minimum absolute atomic E-state index is 0.343. The summed E-state index contributed by atoms with van der Waals surface area (Å²) in [6.45, 7) is 0. The molecule has 0 fully saturated rings. The topological polar surface area (TPSA) is 43.8 Å². The highest BCUT2D eigenvalue weighted by Gasteiger charge is 2.13. The highest BCUT2D eigenvalue weighted by molar-refractivity contribution is 9.10. The van der Waals surface area contributed by atoms with Gasteiger partial charge in [-0.2, -0.15) is 0 Å². The number of halogens is 2. The lowest BCUT2D eigenvalue weighted by atomic mass is 10.2. The molecule has 0 aliphatic heterocycles. The van der Waals surface area contributed by atoms with Gasteiger partial charge in [-0.1, -0.05) is 6.07 Å². The molecule has 0 bridgehead atoms. The summed E-state index contributed by atoms with van der Waals surface area (Å²) in [5.74, 6) is -0.00392. The molecule has 0 aliphatic carbocycles. The molecule has 2 N–H and O–H groups in total. The van der Waals surface area contributed by atoms with Crippen LogP contribution < -0.4 is 5.73 Å². The van der Waals surface area contributed by atoms with Crippen molar-refractivity contribution in [3.8, 4) is 5.69 Å². The lowest BCUT2D eigenvalue weighted by Crippen LogP contribution is -2.00. The first-order chi connectivity index (χ1) is 9.60. The molecular weight excluding hydrogens is 341 g/mol. The molecule has 0 saturated carbocycles. The third-order valence-corrected chi connectivity index (χ3v) is 4.37. The zero-order valence-corrected chi connectivity index (χ0v) is 13.0. The number of aromatic nitrogens is 2. The fourth-order valence-electron chi connectivity index (χ4n) is 2.11. The molecule has 0 saturated heterocycles. The van der Waals surface area contributed by atoms with Gasteiger partial charge >= 0.3 is 0 Å². The minimum Gasteiger partial charge on any atom is -0.369 e. The van der Waals surface area contributed by atoms with E-state index in [1.165, 1.54) is 6.07 Å². The number of thioether (sulfide) groups is 1. The molecule has 0 radical (unpaired) electrons. The predicted molar refractivity (Wildman–Crippen MR) is 84.9 cm³/mol. The van der Waals surface area contributed by atoms with Crippen LogP contribution in [0, 0.1) is 5.82 Å². The van der Waals surface area contributed by atoms with E-state index in [2.05, 4.69) is 20.9 Å². The molecule has 2 aromatic carbocycles. The Morgan fingerprint density at radius 2 is 2.10 bits per heavy atom. The van der Waals surface area contributed by atoms with Crippen molar-refractivity contribution < 1.29 is 4.39 Å². The van der Waals surface area contributed by atoms with Crippen LogP contribution in [0.1, 0.15) is 0 Å². The Morgan fingerprint density at radius 3 is 2.85 bits per heavy atom. The van der Waals surface area contributed by atoms with Gasteiger partial charge in [-0.15, -0.1) is 11.8 Å². The van der Waals surface area contributed by atoms with Crippen LogP contribution >= 0.6 is 27.7 Å². The SMILES string of the molecule is CSc1cccc(-n2c(N)nc3cc(F)c(Br)cc32)c1. The fourth-order valence-corrected chi connectivity index (χ4v) is 2.90. The van der Waals surface area contributed by atoms with Crippen molar-refractivity contribution in [2.75, 3.05) is 12.0 Å². The maximum absolute atomic E-state index is 13.6. The van der Waals surface area contributed by atoms with Gasteiger partial charge in [0.15, 0.2) is 0 Å². The summed E-state index contributed by atoms with van der Waals surface area (Å²) in [5, 5.41) is 0. The quantitative estimate of drug-likeness (QED) is 0.702. The number of hydrogen-bond acceptors (Lipinski definition) is 3. The van der Waals surface area contributed by atoms with Gasteiger partial charge in [-0.3, -0.25) is 4.57 Å². The Bertz CT molecular complexity index is 800. The molecule has 0 aliphatic rings. The van der Waals surface area contributed by atoms with Crippen LogP contribution in [0.25, 0.3) is 16.7 Å². The van der Waals surface area contributed by atoms with E-state index in [0.717, 1.165) is 16.1 Å². The maximum atomic E-state index is 13.6. The molecular formula is C14H11BrFN3S. The predicted octanol–water partition coefficient (Wildman–Crippen LogP) is 4.23. The molecule has 102 valence electrons. The first-order valence-electron chi connectivity index (χ1n) is 5.87. The van der Waals surface area contributed by atoms with Gasteiger partial charge in [0.05, 0.1) is 21.2 Å². The van der Waals surface area contributed by atoms with Crippen LogP contribution in [-0.4, -0.2) is 15.8 Å². The molecule has 1 heterocycles. The van der Waals surface area contributed by atoms with Crippen LogP contribution in [0.2, 0.25) is 0 Å². The number of anilines is 1. The van der Waals surface area contributed by atoms with Gasteiger partial charge in [-0.05, 0) is 46.5 Å². The van der Waals surface area contributed by atoms with E-state index in [1.54, 1.807) is 17.8 Å². The van der Waals surface area contributed by atoms with Crippen LogP contribution in [0.4, 0.5) is 10.3 Å². The van der Waals surface area contributed by atoms with Crippen molar-refractivity contribution in [1.82, 2.24) is 9.55 Å². The fraction of sp³-hybridized carbons (Fsp3) is 0.0714. The highest BCUT2D eigenvalue weighted by Crippen LogP contribution is 2.29. The smallest absolute Gasteiger partial charge is 0.205 e. The molecule has 3 nitrogen and oxygen atoms in total. The number of fused-ring (bicyclic) bond motifs is 1. The normalized spacial score (nSPS) is 11.2. The molecule has 6 heteroatoms. The summed E-state index contributed by atoms with van der Waals surface area (Å²) in [6.07, 6.45) is 2.01. The molecule has 0 amide bonds. The van der Waals surface area contributed by atoms with Crippen molar-refractivity contribution >= 4 is 44.7 Å². The largest absolute Gasteiger partial charge is 0.369 e. The molecule has 1 aromatic heterocycles. The van der Waals surface area contributed by atoms with Crippen molar-refractivity contribution in [2.45, 2.75) is 4.90 Å². The number of rotatable bonds is 2. The summed E-state index contributed by atoms with van der Waals surface area (Å²) in [7, 11) is 0. The Kier molecular flexibility index (Phi) is 3.43. The number of benzene rings is 2. The second-order valence-corrected chi connectivity index (χ2v) is 6.00. The lowest BCUT2D eigenvalue weighted by molar-refractivity contribution is 0.623. The van der Waals surface area contributed by atoms with E-state index in [-0.39, 0.29) is 5.82 Å². The second-order valence-electron chi connectivity index (χ2n) is 4.26. The summed E-state index contributed by atoms with van der Waals surface area (Å²) in [5.41, 5.74) is 8.21. The average Bonchev–Trinajstić information content (AvgIpc) is 2.74. The molecule has 3 rings (SSSR count). The average molecular weight is 352 g/mol. The Balaban J connectivity index is 2.29. The summed E-state index contributed by atoms with van der Waals surface area (Å²) in [4.78, 5) is 5.35. The number of nitrogen functional groups attached to an aromatic ring is 1. The molecule has 0 spiro atoms. The Morgan fingerprint density at radius 1 is 1.30 bits per heavy atom. The van der Waals surface area contributed by atoms with E-state index < -0.39 is 0 Å². The zero-order chi connectivity index (χ0) is 14.3. The van der Waals surface area contributed by atoms with Gasteiger partial charge in [0, 0.05) is 11.0 Å². The number of hydrogen-bond donors (Lipinski definition) is 1. The summed E-state index contributed by atoms with van der Waals surface area (Å²) < 4.78 is 15.8. The standard InChI is InChI=1S/C14H11BrFN3S/c1-20-9-4-2-3-8(5-9)19-13-6-10(15)11(16)7-12(13)18-14(19)17/h2-7H,1H3,(H2,17,18). The van der Waals surface area contributed by atoms with Crippen LogP contribution in [0.5, 0.6) is 0 Å². The Hall–Kier alpha value is -1.53. The monoisotopic (exact) mass is 351 g/mol. The lowest BCUT2D eigenvalue weighted by Gasteiger charge is -2.08. The van der Waals surface area contributed by atoms with Crippen LogP contribution in [0.3, 0.4) is 0 Å². The van der Waals surface area contributed by atoms with Gasteiger partial charge < -0.3 is 5.73 Å². The van der Waals surface area contributed by atoms with Crippen LogP contribution in [0.15, 0.2) is 45.8 Å². The van der Waals surface area contributed by atoms with Crippen molar-refractivity contribution in [3.05, 3.63) is 46.7 Å². The first kappa shape index (κ1) is 13.5. The maximum Gasteiger partial charge on any atom is 0.205 e. The third kappa shape index (κ3) is 2.19. The highest BCUT2D eigenvalue weighted by atomic mass is 79.9. The van der Waals surface area contributed by atoms with Gasteiger partial charge in [0.2, 0.25) is 5.95 Å². The Labute approximate surface area is 128 Å². The number of imidazole rings is 1. The van der Waals surface area contributed by atoms with Crippen molar-refractivity contribution in [1.29, 1.82) is 0 Å². The number of nitrogens with zero attached hydrogens (tertiary/aromatic N) is 2. The van der Waals surface area contributed by atoms with Crippen molar-refractivity contribution in [3.63, 3.8) is 0 Å². The van der Waals surface area contributed by atoms with Gasteiger partial charge in [0.1, 0.15) is 5.82 Å². The second kappa shape index (κ2) is 5.10. The van der Waals surface area contributed by atoms with E-state index in [4.69, 9.17) is 5.73 Å². The van der Waals surface area contributed by atoms with Crippen LogP contribution in [-0.2, 0) is 0 Å². The summed E-state index contributed by atoms with van der Waals surface area (Å²) >= 11 is 4.85. The molecule has 0 unspecified atom stereocenters. The van der Waals surface area contributed by atoms with E-state index in [1.807, 2.05) is 35.1 Å². The minimum atomic E-state index is -0.347. The zero-order valence-electron chi connectivity index (χ0n) is 10.6. The van der Waals surface area contributed by atoms with E-state index >= 15 is 0 Å². The van der Waals surface area contributed by atoms with E-state index in [9.17, 15) is 4.39 Å². The van der Waals surface area contributed by atoms with Crippen molar-refractivity contribution in [2.24, 2.45) is 0 Å². The molecule has 0 atom stereocenters. The summed E-state index contributed by atoms with van der Waals surface area (Å²) in [6, 6.07) is 11.0.